The molecule has 1 aromatic carbocycles. The fourth-order valence-electron chi connectivity index (χ4n) is 3.17. The number of amides is 1. The number of ether oxygens (including phenoxy) is 1. The maximum Gasteiger partial charge on any atom is 0.437 e. The van der Waals surface area contributed by atoms with Crippen LogP contribution in [0.2, 0.25) is 0 Å². The van der Waals surface area contributed by atoms with Crippen LogP contribution in [0, 0.1) is 12.7 Å². The molecule has 28 heavy (non-hydrogen) atoms. The number of nitrogens with zero attached hydrogens (tertiary/aromatic N) is 4. The quantitative estimate of drug-likeness (QED) is 0.609. The van der Waals surface area contributed by atoms with Gasteiger partial charge in [-0.15, -0.1) is 4.99 Å². The molecular formula is C19H23FN6O2. The largest absolute Gasteiger partial charge is 0.443 e. The molecule has 9 heteroatoms. The molecule has 1 amide bonds. The number of hydrogen-bond donors (Lipinski definition) is 2. The summed E-state index contributed by atoms with van der Waals surface area (Å²) in [6.45, 7) is 4.57. The molecule has 0 spiro atoms. The Bertz CT molecular complexity index is 876. The number of aromatic nitrogens is 1. The lowest BCUT2D eigenvalue weighted by atomic mass is 10.1. The average molecular weight is 386 g/mol. The second-order valence-electron chi connectivity index (χ2n) is 6.46. The first kappa shape index (κ1) is 19.4. The van der Waals surface area contributed by atoms with Gasteiger partial charge in [-0.1, -0.05) is 18.2 Å². The highest BCUT2D eigenvalue weighted by molar-refractivity contribution is 5.87. The van der Waals surface area contributed by atoms with Gasteiger partial charge in [0.1, 0.15) is 12.4 Å². The molecule has 4 N–H and O–H groups in total. The zero-order valence-electron chi connectivity index (χ0n) is 15.6. The van der Waals surface area contributed by atoms with Crippen molar-refractivity contribution < 1.29 is 13.9 Å². The summed E-state index contributed by atoms with van der Waals surface area (Å²) < 4.78 is 19.8. The lowest BCUT2D eigenvalue weighted by Gasteiger charge is -2.37. The molecule has 3 rings (SSSR count). The molecule has 8 nitrogen and oxygen atoms in total. The molecule has 0 unspecified atom stereocenters. The van der Waals surface area contributed by atoms with E-state index in [1.165, 1.54) is 0 Å². The molecular weight excluding hydrogens is 363 g/mol. The number of rotatable bonds is 4. The van der Waals surface area contributed by atoms with E-state index >= 15 is 0 Å². The van der Waals surface area contributed by atoms with Gasteiger partial charge in [-0.25, -0.2) is 14.2 Å². The molecule has 0 aliphatic carbocycles. The standard InChI is InChI=1S/C19H23FN6O2/c1-13-4-3-7-23-17(13)26-10-8-25(9-11-26)15-6-2-5-14(16(15)20)12-28-19(27)24-18(21)22/h2-7H,8-12H2,1H3,(H4,21,22,24,27). The summed E-state index contributed by atoms with van der Waals surface area (Å²) in [5.74, 6) is 0.144. The predicted octanol–water partition coefficient (Wildman–Crippen LogP) is 1.77. The first-order chi connectivity index (χ1) is 13.5. The molecule has 1 aliphatic rings. The Kier molecular flexibility index (Phi) is 5.93. The third-order valence-corrected chi connectivity index (χ3v) is 4.53. The summed E-state index contributed by atoms with van der Waals surface area (Å²) in [6, 6.07) is 8.96. The van der Waals surface area contributed by atoms with Crippen molar-refractivity contribution >= 4 is 23.6 Å². The highest BCUT2D eigenvalue weighted by Gasteiger charge is 2.22. The maximum atomic E-state index is 14.9. The van der Waals surface area contributed by atoms with Gasteiger partial charge in [0.25, 0.3) is 0 Å². The fourth-order valence-corrected chi connectivity index (χ4v) is 3.17. The van der Waals surface area contributed by atoms with Gasteiger partial charge in [0, 0.05) is 37.9 Å². The van der Waals surface area contributed by atoms with Crippen LogP contribution >= 0.6 is 0 Å². The molecule has 2 aromatic rings. The minimum Gasteiger partial charge on any atom is -0.443 e. The topological polar surface area (TPSA) is 110 Å². The van der Waals surface area contributed by atoms with Gasteiger partial charge in [-0.2, -0.15) is 0 Å². The number of piperazine rings is 1. The Balaban J connectivity index is 1.66. The van der Waals surface area contributed by atoms with Crippen molar-refractivity contribution in [3.63, 3.8) is 0 Å². The highest BCUT2D eigenvalue weighted by atomic mass is 19.1. The molecule has 2 heterocycles. The third-order valence-electron chi connectivity index (χ3n) is 4.53. The van der Waals surface area contributed by atoms with Gasteiger partial charge < -0.3 is 26.0 Å². The molecule has 148 valence electrons. The summed E-state index contributed by atoms with van der Waals surface area (Å²) in [4.78, 5) is 23.3. The Hall–Kier alpha value is -3.36. The smallest absolute Gasteiger partial charge is 0.437 e. The van der Waals surface area contributed by atoms with Crippen molar-refractivity contribution in [1.29, 1.82) is 0 Å². The van der Waals surface area contributed by atoms with Crippen molar-refractivity contribution in [2.75, 3.05) is 36.0 Å². The summed E-state index contributed by atoms with van der Waals surface area (Å²) in [5, 5.41) is 0. The monoisotopic (exact) mass is 386 g/mol. The number of halogens is 1. The zero-order valence-corrected chi connectivity index (χ0v) is 15.6. The summed E-state index contributed by atoms with van der Waals surface area (Å²) >= 11 is 0. The number of anilines is 2. The fraction of sp³-hybridized carbons (Fsp3) is 0.316. The van der Waals surface area contributed by atoms with Crippen molar-refractivity contribution in [3.8, 4) is 0 Å². The van der Waals surface area contributed by atoms with Crippen molar-refractivity contribution in [2.45, 2.75) is 13.5 Å². The predicted molar refractivity (Wildman–Crippen MR) is 106 cm³/mol. The summed E-state index contributed by atoms with van der Waals surface area (Å²) in [5.41, 5.74) is 12.1. The highest BCUT2D eigenvalue weighted by Crippen LogP contribution is 2.26. The second kappa shape index (κ2) is 8.55. The van der Waals surface area contributed by atoms with Crippen LogP contribution in [0.15, 0.2) is 41.5 Å². The second-order valence-corrected chi connectivity index (χ2v) is 6.46. The number of aliphatic imine (C=N–C) groups is 1. The molecule has 0 bridgehead atoms. The van der Waals surface area contributed by atoms with Gasteiger partial charge in [-0.3, -0.25) is 0 Å². The lowest BCUT2D eigenvalue weighted by molar-refractivity contribution is 0.149. The van der Waals surface area contributed by atoms with Crippen LogP contribution in [0.3, 0.4) is 0 Å². The van der Waals surface area contributed by atoms with E-state index in [4.69, 9.17) is 16.2 Å². The third kappa shape index (κ3) is 4.48. The number of guanidine groups is 1. The Labute approximate surface area is 162 Å². The molecule has 0 saturated carbocycles. The van der Waals surface area contributed by atoms with E-state index in [1.807, 2.05) is 24.0 Å². The Morgan fingerprint density at radius 1 is 1.18 bits per heavy atom. The minimum absolute atomic E-state index is 0.248. The normalized spacial score (nSPS) is 13.9. The van der Waals surface area contributed by atoms with Gasteiger partial charge in [0.2, 0.25) is 0 Å². The number of pyridine rings is 1. The minimum atomic E-state index is -0.954. The Morgan fingerprint density at radius 2 is 1.89 bits per heavy atom. The van der Waals surface area contributed by atoms with E-state index in [9.17, 15) is 9.18 Å². The van der Waals surface area contributed by atoms with Gasteiger partial charge in [0.15, 0.2) is 11.8 Å². The molecule has 0 radical (unpaired) electrons. The SMILES string of the molecule is Cc1cccnc1N1CCN(c2cccc(COC(=O)N=C(N)N)c2F)CC1. The van der Waals surface area contributed by atoms with E-state index < -0.39 is 17.9 Å². The van der Waals surface area contributed by atoms with Gasteiger partial charge in [0.05, 0.1) is 5.69 Å². The van der Waals surface area contributed by atoms with E-state index in [1.54, 1.807) is 24.4 Å². The molecule has 1 aliphatic heterocycles. The number of hydrogen-bond acceptors (Lipinski definition) is 5. The van der Waals surface area contributed by atoms with Gasteiger partial charge in [-0.05, 0) is 24.6 Å². The van der Waals surface area contributed by atoms with Crippen LogP contribution in [0.4, 0.5) is 20.7 Å². The average Bonchev–Trinajstić information content (AvgIpc) is 2.67. The first-order valence-electron chi connectivity index (χ1n) is 8.91. The van der Waals surface area contributed by atoms with Crippen molar-refractivity contribution in [3.05, 3.63) is 53.5 Å². The molecule has 1 saturated heterocycles. The number of nitrogens with two attached hydrogens (primary N) is 2. The van der Waals surface area contributed by atoms with E-state index in [0.717, 1.165) is 24.5 Å². The van der Waals surface area contributed by atoms with E-state index in [2.05, 4.69) is 14.9 Å². The van der Waals surface area contributed by atoms with Crippen LogP contribution in [0.25, 0.3) is 0 Å². The lowest BCUT2D eigenvalue weighted by Crippen LogP contribution is -2.47. The molecule has 1 fully saturated rings. The molecule has 1 aromatic heterocycles. The molecule has 0 atom stereocenters. The summed E-state index contributed by atoms with van der Waals surface area (Å²) in [6.07, 6.45) is 0.825. The number of aryl methyl sites for hydroxylation is 1. The van der Waals surface area contributed by atoms with Crippen molar-refractivity contribution in [2.24, 2.45) is 16.5 Å². The van der Waals surface area contributed by atoms with Crippen LogP contribution in [-0.2, 0) is 11.3 Å². The first-order valence-corrected chi connectivity index (χ1v) is 8.91. The summed E-state index contributed by atoms with van der Waals surface area (Å²) in [7, 11) is 0. The number of benzene rings is 1. The van der Waals surface area contributed by atoms with Crippen LogP contribution in [-0.4, -0.2) is 43.2 Å². The van der Waals surface area contributed by atoms with Crippen LogP contribution in [0.1, 0.15) is 11.1 Å². The Morgan fingerprint density at radius 3 is 2.57 bits per heavy atom. The van der Waals surface area contributed by atoms with Crippen LogP contribution in [0.5, 0.6) is 0 Å². The number of carbonyl (C=O) groups is 1. The van der Waals surface area contributed by atoms with E-state index in [-0.39, 0.29) is 12.2 Å². The van der Waals surface area contributed by atoms with Crippen LogP contribution < -0.4 is 21.3 Å². The maximum absolute atomic E-state index is 14.9. The zero-order chi connectivity index (χ0) is 20.1. The van der Waals surface area contributed by atoms with Gasteiger partial charge >= 0.3 is 6.09 Å². The van der Waals surface area contributed by atoms with E-state index in [0.29, 0.717) is 18.8 Å². The van der Waals surface area contributed by atoms with Crippen molar-refractivity contribution in [1.82, 2.24) is 4.98 Å². The number of carbonyl (C=O) groups excluding carboxylic acids is 1.